The summed E-state index contributed by atoms with van der Waals surface area (Å²) in [4.78, 5) is 36.3. The molecule has 2 aromatic rings. The van der Waals surface area contributed by atoms with Crippen LogP contribution in [0.15, 0.2) is 42.9 Å². The molecule has 1 saturated heterocycles. The summed E-state index contributed by atoms with van der Waals surface area (Å²) in [5.74, 6) is -0.203. The van der Waals surface area contributed by atoms with Crippen molar-refractivity contribution < 1.29 is 14.3 Å². The number of hydrogen-bond acceptors (Lipinski definition) is 4. The van der Waals surface area contributed by atoms with Crippen molar-refractivity contribution in [3.63, 3.8) is 0 Å². The normalized spacial score (nSPS) is 21.2. The summed E-state index contributed by atoms with van der Waals surface area (Å²) >= 11 is 0. The predicted octanol–water partition coefficient (Wildman–Crippen LogP) is 2.61. The maximum absolute atomic E-state index is 13.1. The van der Waals surface area contributed by atoms with E-state index in [1.54, 1.807) is 4.90 Å². The number of amides is 2. The first-order valence-corrected chi connectivity index (χ1v) is 10.4. The van der Waals surface area contributed by atoms with E-state index in [1.807, 2.05) is 35.2 Å². The predicted molar refractivity (Wildman–Crippen MR) is 108 cm³/mol. The third kappa shape index (κ3) is 4.85. The minimum atomic E-state index is -0.226. The molecule has 0 bridgehead atoms. The molecule has 1 aromatic heterocycles. The summed E-state index contributed by atoms with van der Waals surface area (Å²) in [5, 5.41) is 0. The molecule has 154 valence electrons. The lowest BCUT2D eigenvalue weighted by Crippen LogP contribution is -2.46. The number of rotatable bonds is 5. The van der Waals surface area contributed by atoms with Gasteiger partial charge in [-0.1, -0.05) is 49.6 Å². The van der Waals surface area contributed by atoms with Gasteiger partial charge < -0.3 is 19.5 Å². The molecule has 2 fully saturated rings. The number of nitrogens with one attached hydrogen (secondary N) is 1. The van der Waals surface area contributed by atoms with Gasteiger partial charge in [-0.05, 0) is 18.4 Å². The fourth-order valence-corrected chi connectivity index (χ4v) is 4.28. The lowest BCUT2D eigenvalue weighted by Gasteiger charge is -2.34. The minimum absolute atomic E-state index is 0.00979. The summed E-state index contributed by atoms with van der Waals surface area (Å²) < 4.78 is 6.20. The van der Waals surface area contributed by atoms with Gasteiger partial charge in [-0.25, -0.2) is 4.98 Å². The average Bonchev–Trinajstić information content (AvgIpc) is 3.24. The van der Waals surface area contributed by atoms with Crippen LogP contribution in [0.3, 0.4) is 0 Å². The molecule has 1 aliphatic carbocycles. The van der Waals surface area contributed by atoms with Crippen LogP contribution >= 0.6 is 0 Å². The van der Waals surface area contributed by atoms with Crippen molar-refractivity contribution in [2.75, 3.05) is 19.6 Å². The number of H-pyrrole nitrogens is 1. The largest absolute Gasteiger partial charge is 0.370 e. The van der Waals surface area contributed by atoms with Gasteiger partial charge in [0.1, 0.15) is 12.2 Å². The summed E-state index contributed by atoms with van der Waals surface area (Å²) in [6, 6.07) is 10.2. The monoisotopic (exact) mass is 396 g/mol. The summed E-state index contributed by atoms with van der Waals surface area (Å²) in [5.41, 5.74) is 1.48. The Hall–Kier alpha value is -2.67. The number of imidazole rings is 1. The van der Waals surface area contributed by atoms with Crippen molar-refractivity contribution in [2.45, 2.75) is 50.9 Å². The number of aromatic amines is 1. The first-order chi connectivity index (χ1) is 14.2. The smallest absolute Gasteiger partial charge is 0.272 e. The Morgan fingerprint density at radius 3 is 2.66 bits per heavy atom. The molecule has 2 aliphatic rings. The third-order valence-corrected chi connectivity index (χ3v) is 5.83. The topological polar surface area (TPSA) is 78.5 Å². The molecule has 29 heavy (non-hydrogen) atoms. The van der Waals surface area contributed by atoms with Gasteiger partial charge >= 0.3 is 0 Å². The molecular formula is C22H28N4O3. The van der Waals surface area contributed by atoms with Crippen LogP contribution in [-0.4, -0.2) is 63.4 Å². The Balaban J connectivity index is 1.51. The number of hydrogen-bond donors (Lipinski definition) is 1. The van der Waals surface area contributed by atoms with Crippen molar-refractivity contribution >= 4 is 11.8 Å². The van der Waals surface area contributed by atoms with Gasteiger partial charge in [0, 0.05) is 19.1 Å². The molecular weight excluding hydrogens is 368 g/mol. The lowest BCUT2D eigenvalue weighted by molar-refractivity contribution is -0.134. The second-order valence-corrected chi connectivity index (χ2v) is 7.91. The van der Waals surface area contributed by atoms with E-state index in [2.05, 4.69) is 9.97 Å². The van der Waals surface area contributed by atoms with Gasteiger partial charge in [-0.15, -0.1) is 0 Å². The van der Waals surface area contributed by atoms with Crippen LogP contribution in [0.1, 0.15) is 48.2 Å². The van der Waals surface area contributed by atoms with E-state index >= 15 is 0 Å². The molecule has 1 saturated carbocycles. The molecule has 0 spiro atoms. The highest BCUT2D eigenvalue weighted by molar-refractivity contribution is 5.95. The number of nitrogens with zero attached hydrogens (tertiary/aromatic N) is 3. The number of benzene rings is 1. The van der Waals surface area contributed by atoms with Gasteiger partial charge in [0.15, 0.2) is 0 Å². The SMILES string of the molecule is O=C(c1cnc[nH]1)N1CC(=O)N(C2CCCCC2)C[C@@H](OCc2ccccc2)C1. The first kappa shape index (κ1) is 19.6. The fourth-order valence-electron chi connectivity index (χ4n) is 4.28. The van der Waals surface area contributed by atoms with E-state index in [1.165, 1.54) is 18.9 Å². The summed E-state index contributed by atoms with van der Waals surface area (Å²) in [7, 11) is 0. The highest BCUT2D eigenvalue weighted by atomic mass is 16.5. The lowest BCUT2D eigenvalue weighted by atomic mass is 9.94. The number of ether oxygens (including phenoxy) is 1. The Kier molecular flexibility index (Phi) is 6.24. The van der Waals surface area contributed by atoms with Crippen LogP contribution < -0.4 is 0 Å². The Bertz CT molecular complexity index is 803. The van der Waals surface area contributed by atoms with Crippen LogP contribution in [0.5, 0.6) is 0 Å². The zero-order valence-corrected chi connectivity index (χ0v) is 16.6. The van der Waals surface area contributed by atoms with Gasteiger partial charge in [0.25, 0.3) is 5.91 Å². The molecule has 1 aromatic carbocycles. The second kappa shape index (κ2) is 9.22. The zero-order chi connectivity index (χ0) is 20.1. The van der Waals surface area contributed by atoms with Crippen LogP contribution in [-0.2, 0) is 16.1 Å². The zero-order valence-electron chi connectivity index (χ0n) is 16.6. The van der Waals surface area contributed by atoms with Gasteiger partial charge in [0.05, 0.1) is 25.2 Å². The molecule has 7 heteroatoms. The molecule has 2 heterocycles. The van der Waals surface area contributed by atoms with E-state index in [9.17, 15) is 9.59 Å². The van der Waals surface area contributed by atoms with Crippen molar-refractivity contribution in [3.8, 4) is 0 Å². The van der Waals surface area contributed by atoms with E-state index in [4.69, 9.17) is 4.74 Å². The minimum Gasteiger partial charge on any atom is -0.370 e. The number of carbonyl (C=O) groups excluding carboxylic acids is 2. The quantitative estimate of drug-likeness (QED) is 0.843. The van der Waals surface area contributed by atoms with E-state index in [0.717, 1.165) is 31.2 Å². The molecule has 1 atom stereocenters. The average molecular weight is 396 g/mol. The molecule has 1 N–H and O–H groups in total. The Labute approximate surface area is 171 Å². The van der Waals surface area contributed by atoms with Gasteiger partial charge in [0.2, 0.25) is 5.91 Å². The van der Waals surface area contributed by atoms with Crippen LogP contribution in [0.2, 0.25) is 0 Å². The third-order valence-electron chi connectivity index (χ3n) is 5.83. The molecule has 0 unspecified atom stereocenters. The Morgan fingerprint density at radius 1 is 1.14 bits per heavy atom. The maximum atomic E-state index is 13.1. The summed E-state index contributed by atoms with van der Waals surface area (Å²) in [6.07, 6.45) is 8.35. The molecule has 2 amide bonds. The number of carbonyl (C=O) groups is 2. The van der Waals surface area contributed by atoms with Crippen LogP contribution in [0.4, 0.5) is 0 Å². The molecule has 4 rings (SSSR count). The highest BCUT2D eigenvalue weighted by Gasteiger charge is 2.35. The van der Waals surface area contributed by atoms with Crippen molar-refractivity contribution in [1.29, 1.82) is 0 Å². The van der Waals surface area contributed by atoms with E-state index in [-0.39, 0.29) is 30.5 Å². The molecule has 0 radical (unpaired) electrons. The second-order valence-electron chi connectivity index (χ2n) is 7.91. The molecule has 7 nitrogen and oxygen atoms in total. The summed E-state index contributed by atoms with van der Waals surface area (Å²) in [6.45, 7) is 1.46. The standard InChI is InChI=1S/C22H28N4O3/c27-21-14-25(22(28)20-11-23-16-24-20)12-19(29-15-17-7-3-1-4-8-17)13-26(21)18-9-5-2-6-10-18/h1,3-4,7-8,11,16,18-19H,2,5-6,9-10,12-15H2,(H,23,24)/t19-/m0/s1. The first-order valence-electron chi connectivity index (χ1n) is 10.4. The Morgan fingerprint density at radius 2 is 1.93 bits per heavy atom. The maximum Gasteiger partial charge on any atom is 0.272 e. The van der Waals surface area contributed by atoms with Crippen molar-refractivity contribution in [3.05, 3.63) is 54.1 Å². The highest BCUT2D eigenvalue weighted by Crippen LogP contribution is 2.25. The van der Waals surface area contributed by atoms with Crippen LogP contribution in [0, 0.1) is 0 Å². The van der Waals surface area contributed by atoms with Crippen molar-refractivity contribution in [1.82, 2.24) is 19.8 Å². The van der Waals surface area contributed by atoms with Gasteiger partial charge in [-0.2, -0.15) is 0 Å². The molecule has 1 aliphatic heterocycles. The van der Waals surface area contributed by atoms with E-state index < -0.39 is 0 Å². The van der Waals surface area contributed by atoms with Crippen molar-refractivity contribution in [2.24, 2.45) is 0 Å². The fraction of sp³-hybridized carbons (Fsp3) is 0.500. The van der Waals surface area contributed by atoms with Crippen LogP contribution in [0.25, 0.3) is 0 Å². The number of aromatic nitrogens is 2. The van der Waals surface area contributed by atoms with E-state index in [0.29, 0.717) is 25.4 Å². The van der Waals surface area contributed by atoms with Gasteiger partial charge in [-0.3, -0.25) is 9.59 Å².